The van der Waals surface area contributed by atoms with Crippen LogP contribution >= 0.6 is 0 Å². The Morgan fingerprint density at radius 2 is 1.70 bits per heavy atom. The second-order valence-corrected chi connectivity index (χ2v) is 7.80. The number of hydrogen-bond donors (Lipinski definition) is 1. The molecule has 2 nitrogen and oxygen atoms in total. The van der Waals surface area contributed by atoms with Gasteiger partial charge in [-0.05, 0) is 69.7 Å². The fraction of sp³-hybridized carbons (Fsp3) is 1.00. The monoisotopic (exact) mass is 280 g/mol. The van der Waals surface area contributed by atoms with Crippen molar-refractivity contribution >= 4 is 0 Å². The fourth-order valence-corrected chi connectivity index (χ4v) is 4.51. The third-order valence-electron chi connectivity index (χ3n) is 6.34. The molecule has 3 unspecified atom stereocenters. The van der Waals surface area contributed by atoms with Gasteiger partial charge in [-0.25, -0.2) is 0 Å². The molecule has 0 aromatic rings. The van der Waals surface area contributed by atoms with Crippen LogP contribution in [0.3, 0.4) is 0 Å². The summed E-state index contributed by atoms with van der Waals surface area (Å²) < 4.78 is 0. The number of hydrogen-bond acceptors (Lipinski definition) is 2. The Labute approximate surface area is 126 Å². The summed E-state index contributed by atoms with van der Waals surface area (Å²) in [5, 5.41) is 0. The molecular formula is C18H36N2. The first-order valence-electron chi connectivity index (χ1n) is 9.00. The van der Waals surface area contributed by atoms with E-state index in [4.69, 9.17) is 5.73 Å². The molecule has 2 aliphatic carbocycles. The van der Waals surface area contributed by atoms with Gasteiger partial charge in [-0.1, -0.05) is 27.2 Å². The molecule has 0 saturated heterocycles. The third-order valence-corrected chi connectivity index (χ3v) is 6.34. The van der Waals surface area contributed by atoms with Crippen molar-refractivity contribution in [3.8, 4) is 0 Å². The van der Waals surface area contributed by atoms with E-state index in [9.17, 15) is 0 Å². The van der Waals surface area contributed by atoms with E-state index in [0.717, 1.165) is 23.8 Å². The Kier molecular flexibility index (Phi) is 5.92. The molecule has 0 aliphatic heterocycles. The Bertz CT molecular complexity index is 281. The van der Waals surface area contributed by atoms with Crippen LogP contribution < -0.4 is 5.73 Å². The lowest BCUT2D eigenvalue weighted by Crippen LogP contribution is -2.54. The highest BCUT2D eigenvalue weighted by Crippen LogP contribution is 2.35. The van der Waals surface area contributed by atoms with E-state index in [2.05, 4.69) is 32.7 Å². The van der Waals surface area contributed by atoms with Gasteiger partial charge in [-0.15, -0.1) is 0 Å². The average Bonchev–Trinajstić information content (AvgIpc) is 2.47. The van der Waals surface area contributed by atoms with Gasteiger partial charge in [0.1, 0.15) is 0 Å². The minimum absolute atomic E-state index is 0.402. The van der Waals surface area contributed by atoms with Crippen molar-refractivity contribution in [3.63, 3.8) is 0 Å². The number of likely N-dealkylation sites (N-methyl/N-ethyl adjacent to an activating group) is 1. The van der Waals surface area contributed by atoms with Gasteiger partial charge in [-0.3, -0.25) is 4.90 Å². The van der Waals surface area contributed by atoms with E-state index in [1.807, 2.05) is 0 Å². The molecular weight excluding hydrogens is 244 g/mol. The second kappa shape index (κ2) is 7.26. The molecule has 2 heteroatoms. The maximum atomic E-state index is 6.46. The summed E-state index contributed by atoms with van der Waals surface area (Å²) in [6.45, 7) is 7.11. The molecule has 118 valence electrons. The van der Waals surface area contributed by atoms with Crippen LogP contribution in [0.5, 0.6) is 0 Å². The quantitative estimate of drug-likeness (QED) is 0.842. The maximum absolute atomic E-state index is 6.46. The summed E-state index contributed by atoms with van der Waals surface area (Å²) in [4.78, 5) is 2.67. The SMILES string of the molecule is CCC1CCC(N(C)C2CC(C(C)C)CCC2N)CC1. The molecule has 0 heterocycles. The van der Waals surface area contributed by atoms with E-state index < -0.39 is 0 Å². The van der Waals surface area contributed by atoms with E-state index in [-0.39, 0.29) is 0 Å². The summed E-state index contributed by atoms with van der Waals surface area (Å²) in [6, 6.07) is 1.82. The normalized spacial score (nSPS) is 39.5. The maximum Gasteiger partial charge on any atom is 0.0249 e. The molecule has 2 fully saturated rings. The van der Waals surface area contributed by atoms with Crippen molar-refractivity contribution in [2.75, 3.05) is 7.05 Å². The van der Waals surface area contributed by atoms with Crippen LogP contribution in [0.25, 0.3) is 0 Å². The molecule has 0 radical (unpaired) electrons. The molecule has 20 heavy (non-hydrogen) atoms. The molecule has 2 N–H and O–H groups in total. The van der Waals surface area contributed by atoms with E-state index in [0.29, 0.717) is 12.1 Å². The second-order valence-electron chi connectivity index (χ2n) is 7.80. The predicted molar refractivity (Wildman–Crippen MR) is 87.7 cm³/mol. The van der Waals surface area contributed by atoms with Crippen LogP contribution in [0.4, 0.5) is 0 Å². The zero-order valence-electron chi connectivity index (χ0n) is 14.1. The molecule has 2 aliphatic rings. The standard InChI is InChI=1S/C18H36N2/c1-5-14-6-9-16(10-7-14)20(4)18-12-15(13(2)3)8-11-17(18)19/h13-18H,5-12,19H2,1-4H3. The number of nitrogens with zero attached hydrogens (tertiary/aromatic N) is 1. The summed E-state index contributed by atoms with van der Waals surface area (Å²) in [5.41, 5.74) is 6.46. The lowest BCUT2D eigenvalue weighted by atomic mass is 9.75. The summed E-state index contributed by atoms with van der Waals surface area (Å²) >= 11 is 0. The van der Waals surface area contributed by atoms with Crippen molar-refractivity contribution in [3.05, 3.63) is 0 Å². The van der Waals surface area contributed by atoms with Crippen molar-refractivity contribution in [2.45, 2.75) is 90.3 Å². The van der Waals surface area contributed by atoms with Gasteiger partial charge in [0, 0.05) is 18.1 Å². The first-order valence-corrected chi connectivity index (χ1v) is 9.00. The van der Waals surface area contributed by atoms with Gasteiger partial charge in [-0.2, -0.15) is 0 Å². The fourth-order valence-electron chi connectivity index (χ4n) is 4.51. The van der Waals surface area contributed by atoms with Crippen LogP contribution in [0, 0.1) is 17.8 Å². The van der Waals surface area contributed by atoms with Crippen LogP contribution in [0.2, 0.25) is 0 Å². The van der Waals surface area contributed by atoms with Crippen molar-refractivity contribution in [1.82, 2.24) is 4.90 Å². The highest BCUT2D eigenvalue weighted by Gasteiger charge is 2.35. The number of rotatable bonds is 4. The van der Waals surface area contributed by atoms with E-state index >= 15 is 0 Å². The highest BCUT2D eigenvalue weighted by molar-refractivity contribution is 4.92. The third kappa shape index (κ3) is 3.76. The van der Waals surface area contributed by atoms with Crippen molar-refractivity contribution in [2.24, 2.45) is 23.5 Å². The van der Waals surface area contributed by atoms with Gasteiger partial charge in [0.2, 0.25) is 0 Å². The summed E-state index contributed by atoms with van der Waals surface area (Å²) in [5.74, 6) is 2.69. The molecule has 3 atom stereocenters. The molecule has 2 saturated carbocycles. The Morgan fingerprint density at radius 1 is 1.05 bits per heavy atom. The van der Waals surface area contributed by atoms with Crippen LogP contribution in [-0.2, 0) is 0 Å². The van der Waals surface area contributed by atoms with Gasteiger partial charge in [0.25, 0.3) is 0 Å². The summed E-state index contributed by atoms with van der Waals surface area (Å²) in [7, 11) is 2.35. The largest absolute Gasteiger partial charge is 0.326 e. The predicted octanol–water partition coefficient (Wildman–Crippen LogP) is 4.04. The Morgan fingerprint density at radius 3 is 2.25 bits per heavy atom. The zero-order chi connectivity index (χ0) is 14.7. The lowest BCUT2D eigenvalue weighted by Gasteiger charge is -2.45. The molecule has 0 spiro atoms. The number of nitrogens with two attached hydrogens (primary N) is 1. The van der Waals surface area contributed by atoms with E-state index in [1.54, 1.807) is 0 Å². The van der Waals surface area contributed by atoms with Gasteiger partial charge < -0.3 is 5.73 Å². The van der Waals surface area contributed by atoms with Crippen molar-refractivity contribution in [1.29, 1.82) is 0 Å². The first kappa shape index (κ1) is 16.3. The zero-order valence-corrected chi connectivity index (χ0v) is 14.1. The van der Waals surface area contributed by atoms with Gasteiger partial charge in [0.15, 0.2) is 0 Å². The van der Waals surface area contributed by atoms with Crippen molar-refractivity contribution < 1.29 is 0 Å². The Hall–Kier alpha value is -0.0800. The average molecular weight is 281 g/mol. The minimum Gasteiger partial charge on any atom is -0.326 e. The van der Waals surface area contributed by atoms with Crippen LogP contribution in [-0.4, -0.2) is 30.1 Å². The summed E-state index contributed by atoms with van der Waals surface area (Å²) in [6.07, 6.45) is 10.9. The van der Waals surface area contributed by atoms with Crippen LogP contribution in [0.1, 0.15) is 72.1 Å². The van der Waals surface area contributed by atoms with Gasteiger partial charge in [0.05, 0.1) is 0 Å². The molecule has 2 rings (SSSR count). The molecule has 0 aromatic carbocycles. The smallest absolute Gasteiger partial charge is 0.0249 e. The topological polar surface area (TPSA) is 29.3 Å². The lowest BCUT2D eigenvalue weighted by molar-refractivity contribution is 0.0605. The minimum atomic E-state index is 0.402. The van der Waals surface area contributed by atoms with E-state index in [1.165, 1.54) is 51.4 Å². The molecule has 0 aromatic heterocycles. The van der Waals surface area contributed by atoms with Gasteiger partial charge >= 0.3 is 0 Å². The van der Waals surface area contributed by atoms with Crippen LogP contribution in [0.15, 0.2) is 0 Å². The Balaban J connectivity index is 1.91. The first-order chi connectivity index (χ1) is 9.52. The highest BCUT2D eigenvalue weighted by atomic mass is 15.2. The molecule has 0 bridgehead atoms. The molecule has 0 amide bonds.